The van der Waals surface area contributed by atoms with Gasteiger partial charge in [0.05, 0.1) is 6.61 Å². The van der Waals surface area contributed by atoms with Gasteiger partial charge in [0.2, 0.25) is 0 Å². The number of hydrogen-bond acceptors (Lipinski definition) is 4. The first kappa shape index (κ1) is 29.6. The molecule has 1 saturated carbocycles. The van der Waals surface area contributed by atoms with Gasteiger partial charge in [0, 0.05) is 19.1 Å². The predicted octanol–water partition coefficient (Wildman–Crippen LogP) is 7.45. The van der Waals surface area contributed by atoms with Gasteiger partial charge in [0.1, 0.15) is 5.60 Å². The highest BCUT2D eigenvalue weighted by atomic mass is 16.6. The summed E-state index contributed by atoms with van der Waals surface area (Å²) in [6.07, 6.45) is 15.8. The highest BCUT2D eigenvalue weighted by Gasteiger charge is 2.32. The van der Waals surface area contributed by atoms with Crippen molar-refractivity contribution in [2.75, 3.05) is 19.7 Å². The van der Waals surface area contributed by atoms with E-state index >= 15 is 0 Å². The molecule has 194 valence electrons. The van der Waals surface area contributed by atoms with E-state index in [4.69, 9.17) is 9.47 Å². The molecular weight excluding hydrogens is 416 g/mol. The standard InChI is InChI=1S/C27H52N2O4/c1-6-8-10-12-14-16-18-29(19-17-15-13-11-9-7-2)26(31)32-22-23-20-24(21-23)28-25(30)33-27(3,4)5/h23-24H,6-22H2,1-5H3,(H,28,30). The highest BCUT2D eigenvalue weighted by molar-refractivity contribution is 5.68. The molecule has 0 aliphatic heterocycles. The van der Waals surface area contributed by atoms with Gasteiger partial charge in [-0.05, 0) is 52.4 Å². The maximum absolute atomic E-state index is 12.8. The Morgan fingerprint density at radius 3 is 1.79 bits per heavy atom. The third-order valence-corrected chi connectivity index (χ3v) is 6.22. The van der Waals surface area contributed by atoms with E-state index in [1.54, 1.807) is 0 Å². The monoisotopic (exact) mass is 468 g/mol. The zero-order chi connectivity index (χ0) is 24.5. The van der Waals surface area contributed by atoms with Crippen molar-refractivity contribution in [1.82, 2.24) is 10.2 Å². The minimum atomic E-state index is -0.488. The van der Waals surface area contributed by atoms with Crippen LogP contribution in [0.2, 0.25) is 0 Å². The average molecular weight is 469 g/mol. The second-order valence-corrected chi connectivity index (χ2v) is 10.8. The van der Waals surface area contributed by atoms with E-state index in [9.17, 15) is 9.59 Å². The minimum absolute atomic E-state index is 0.117. The molecule has 1 aliphatic carbocycles. The Hall–Kier alpha value is -1.46. The summed E-state index contributed by atoms with van der Waals surface area (Å²) < 4.78 is 11.0. The number of amides is 2. The number of carbonyl (C=O) groups excluding carboxylic acids is 2. The third kappa shape index (κ3) is 15.1. The van der Waals surface area contributed by atoms with Crippen LogP contribution in [0.3, 0.4) is 0 Å². The lowest BCUT2D eigenvalue weighted by atomic mass is 9.81. The zero-order valence-electron chi connectivity index (χ0n) is 22.3. The summed E-state index contributed by atoms with van der Waals surface area (Å²) in [7, 11) is 0. The SMILES string of the molecule is CCCCCCCCN(CCCCCCCC)C(=O)OCC1CC(NC(=O)OC(C)(C)C)C1. The van der Waals surface area contributed by atoms with E-state index in [2.05, 4.69) is 19.2 Å². The van der Waals surface area contributed by atoms with Crippen LogP contribution in [0, 0.1) is 5.92 Å². The minimum Gasteiger partial charge on any atom is -0.449 e. The molecule has 1 aliphatic rings. The van der Waals surface area contributed by atoms with Crippen molar-refractivity contribution in [3.8, 4) is 0 Å². The highest BCUT2D eigenvalue weighted by Crippen LogP contribution is 2.28. The first-order valence-electron chi connectivity index (χ1n) is 13.7. The molecule has 0 saturated heterocycles. The van der Waals surface area contributed by atoms with Crippen molar-refractivity contribution in [3.05, 3.63) is 0 Å². The zero-order valence-corrected chi connectivity index (χ0v) is 22.3. The van der Waals surface area contributed by atoms with Crippen LogP contribution < -0.4 is 5.32 Å². The number of nitrogens with zero attached hydrogens (tertiary/aromatic N) is 1. The Morgan fingerprint density at radius 1 is 0.818 bits per heavy atom. The molecule has 0 heterocycles. The number of rotatable bonds is 17. The molecule has 6 heteroatoms. The van der Waals surface area contributed by atoms with Crippen LogP contribution in [-0.2, 0) is 9.47 Å². The van der Waals surface area contributed by atoms with E-state index in [1.807, 2.05) is 25.7 Å². The van der Waals surface area contributed by atoms with Crippen molar-refractivity contribution in [1.29, 1.82) is 0 Å². The summed E-state index contributed by atoms with van der Waals surface area (Å²) >= 11 is 0. The smallest absolute Gasteiger partial charge is 0.409 e. The number of nitrogens with one attached hydrogen (secondary N) is 1. The molecule has 1 N–H and O–H groups in total. The molecule has 0 aromatic rings. The molecule has 1 fully saturated rings. The molecule has 0 radical (unpaired) electrons. The lowest BCUT2D eigenvalue weighted by Crippen LogP contribution is -2.47. The third-order valence-electron chi connectivity index (χ3n) is 6.22. The Bertz CT molecular complexity index is 511. The van der Waals surface area contributed by atoms with Crippen LogP contribution in [-0.4, -0.2) is 48.4 Å². The Labute approximate surface area is 203 Å². The fourth-order valence-corrected chi connectivity index (χ4v) is 4.20. The van der Waals surface area contributed by atoms with Crippen molar-refractivity contribution in [3.63, 3.8) is 0 Å². The fourth-order valence-electron chi connectivity index (χ4n) is 4.20. The van der Waals surface area contributed by atoms with E-state index in [-0.39, 0.29) is 18.2 Å². The van der Waals surface area contributed by atoms with Crippen LogP contribution in [0.1, 0.15) is 125 Å². The lowest BCUT2D eigenvalue weighted by Gasteiger charge is -2.36. The molecule has 33 heavy (non-hydrogen) atoms. The molecule has 0 aromatic heterocycles. The van der Waals surface area contributed by atoms with Crippen LogP contribution in [0.5, 0.6) is 0 Å². The van der Waals surface area contributed by atoms with Gasteiger partial charge in [-0.15, -0.1) is 0 Å². The summed E-state index contributed by atoms with van der Waals surface area (Å²) in [4.78, 5) is 26.5. The first-order chi connectivity index (χ1) is 15.7. The van der Waals surface area contributed by atoms with Gasteiger partial charge in [-0.2, -0.15) is 0 Å². The van der Waals surface area contributed by atoms with Crippen molar-refractivity contribution < 1.29 is 19.1 Å². The van der Waals surface area contributed by atoms with E-state index in [0.717, 1.165) is 38.8 Å². The number of alkyl carbamates (subject to hydrolysis) is 1. The summed E-state index contributed by atoms with van der Waals surface area (Å²) in [6.45, 7) is 12.1. The van der Waals surface area contributed by atoms with Gasteiger partial charge in [-0.25, -0.2) is 9.59 Å². The molecule has 0 spiro atoms. The predicted molar refractivity (Wildman–Crippen MR) is 136 cm³/mol. The summed E-state index contributed by atoms with van der Waals surface area (Å²) in [5, 5.41) is 2.90. The van der Waals surface area contributed by atoms with Gasteiger partial charge in [-0.3, -0.25) is 0 Å². The maximum atomic E-state index is 12.8. The topological polar surface area (TPSA) is 67.9 Å². The van der Waals surface area contributed by atoms with Crippen molar-refractivity contribution in [2.45, 2.75) is 136 Å². The molecule has 2 amide bonds. The van der Waals surface area contributed by atoms with Crippen LogP contribution in [0.15, 0.2) is 0 Å². The molecule has 1 rings (SSSR count). The molecule has 6 nitrogen and oxygen atoms in total. The normalized spacial score (nSPS) is 17.8. The van der Waals surface area contributed by atoms with E-state index < -0.39 is 5.60 Å². The average Bonchev–Trinajstić information content (AvgIpc) is 2.71. The molecule has 0 aromatic carbocycles. The second-order valence-electron chi connectivity index (χ2n) is 10.8. The largest absolute Gasteiger partial charge is 0.449 e. The van der Waals surface area contributed by atoms with Gasteiger partial charge >= 0.3 is 12.2 Å². The number of carbonyl (C=O) groups is 2. The fraction of sp³-hybridized carbons (Fsp3) is 0.926. The Kier molecular flexibility index (Phi) is 15.3. The molecular formula is C27H52N2O4. The first-order valence-corrected chi connectivity index (χ1v) is 13.7. The van der Waals surface area contributed by atoms with Crippen LogP contribution in [0.4, 0.5) is 9.59 Å². The van der Waals surface area contributed by atoms with E-state index in [1.165, 1.54) is 64.2 Å². The second kappa shape index (κ2) is 17.0. The Balaban J connectivity index is 2.30. The van der Waals surface area contributed by atoms with Crippen molar-refractivity contribution in [2.24, 2.45) is 5.92 Å². The summed E-state index contributed by atoms with van der Waals surface area (Å²) in [5.41, 5.74) is -0.488. The maximum Gasteiger partial charge on any atom is 0.409 e. The van der Waals surface area contributed by atoms with Crippen LogP contribution in [0.25, 0.3) is 0 Å². The van der Waals surface area contributed by atoms with Gasteiger partial charge in [-0.1, -0.05) is 78.1 Å². The number of ether oxygens (including phenoxy) is 2. The number of hydrogen-bond donors (Lipinski definition) is 1. The van der Waals surface area contributed by atoms with Gasteiger partial charge in [0.15, 0.2) is 0 Å². The lowest BCUT2D eigenvalue weighted by molar-refractivity contribution is 0.0359. The molecule has 0 atom stereocenters. The van der Waals surface area contributed by atoms with Gasteiger partial charge < -0.3 is 19.7 Å². The summed E-state index contributed by atoms with van der Waals surface area (Å²) in [6, 6.07) is 0.117. The summed E-state index contributed by atoms with van der Waals surface area (Å²) in [5.74, 6) is 0.318. The van der Waals surface area contributed by atoms with E-state index in [0.29, 0.717) is 12.5 Å². The van der Waals surface area contributed by atoms with Gasteiger partial charge in [0.25, 0.3) is 0 Å². The molecule has 0 bridgehead atoms. The quantitative estimate of drug-likeness (QED) is 0.225. The Morgan fingerprint density at radius 2 is 1.30 bits per heavy atom. The molecule has 0 unspecified atom stereocenters. The van der Waals surface area contributed by atoms with Crippen LogP contribution >= 0.6 is 0 Å². The number of unbranched alkanes of at least 4 members (excludes halogenated alkanes) is 10. The van der Waals surface area contributed by atoms with Crippen molar-refractivity contribution >= 4 is 12.2 Å².